The smallest absolute Gasteiger partial charge is 0.120 e. The van der Waals surface area contributed by atoms with Crippen LogP contribution < -0.4 is 4.74 Å². The van der Waals surface area contributed by atoms with Gasteiger partial charge in [-0.1, -0.05) is 38.8 Å². The molecule has 1 aliphatic rings. The Balaban J connectivity index is 2.05. The zero-order valence-corrected chi connectivity index (χ0v) is 17.0. The first-order valence-electron chi connectivity index (χ1n) is 8.11. The molecule has 0 fully saturated rings. The molecule has 0 radical (unpaired) electrons. The van der Waals surface area contributed by atoms with Crippen LogP contribution in [0.5, 0.6) is 11.5 Å². The summed E-state index contributed by atoms with van der Waals surface area (Å²) in [5.41, 5.74) is 3.46. The van der Waals surface area contributed by atoms with Gasteiger partial charge in [0.05, 0.1) is 7.11 Å². The van der Waals surface area contributed by atoms with Crippen molar-refractivity contribution in [2.75, 3.05) is 20.2 Å². The number of benzene rings is 2. The maximum Gasteiger partial charge on any atom is 0.120 e. The van der Waals surface area contributed by atoms with Gasteiger partial charge in [-0.2, -0.15) is 0 Å². The predicted molar refractivity (Wildman–Crippen MR) is 104 cm³/mol. The fourth-order valence-corrected chi connectivity index (χ4v) is 4.45. The molecule has 2 aromatic rings. The highest BCUT2D eigenvalue weighted by molar-refractivity contribution is 9.10. The summed E-state index contributed by atoms with van der Waals surface area (Å²) in [6.07, 6.45) is 1.77. The largest absolute Gasteiger partial charge is 0.508 e. The molecule has 0 aliphatic carbocycles. The first kappa shape index (κ1) is 17.8. The maximum absolute atomic E-state index is 10.5. The van der Waals surface area contributed by atoms with Gasteiger partial charge in [0, 0.05) is 27.1 Å². The van der Waals surface area contributed by atoms with Crippen LogP contribution in [-0.4, -0.2) is 30.2 Å². The van der Waals surface area contributed by atoms with Gasteiger partial charge in [-0.15, -0.1) is 0 Å². The molecule has 0 aromatic heterocycles. The Labute approximate surface area is 159 Å². The molecule has 1 aliphatic heterocycles. The minimum Gasteiger partial charge on any atom is -0.508 e. The van der Waals surface area contributed by atoms with E-state index in [-0.39, 0.29) is 6.04 Å². The summed E-state index contributed by atoms with van der Waals surface area (Å²) in [6.45, 7) is 4.13. The van der Waals surface area contributed by atoms with Gasteiger partial charge in [0.15, 0.2) is 0 Å². The highest BCUT2D eigenvalue weighted by atomic mass is 79.9. The molecule has 0 bridgehead atoms. The first-order chi connectivity index (χ1) is 11.5. The predicted octanol–water partition coefficient (Wildman–Crippen LogP) is 5.09. The van der Waals surface area contributed by atoms with Crippen molar-refractivity contribution >= 4 is 31.9 Å². The number of halogens is 2. The van der Waals surface area contributed by atoms with E-state index in [1.807, 2.05) is 18.2 Å². The zero-order chi connectivity index (χ0) is 17.3. The number of phenolic OH excluding ortho intramolecular Hbond substituents is 1. The summed E-state index contributed by atoms with van der Waals surface area (Å²) in [7, 11) is 1.68. The van der Waals surface area contributed by atoms with E-state index in [4.69, 9.17) is 4.74 Å². The lowest BCUT2D eigenvalue weighted by molar-refractivity contribution is 0.189. The number of ether oxygens (including phenoxy) is 1. The van der Waals surface area contributed by atoms with Gasteiger partial charge in [-0.05, 0) is 60.8 Å². The quantitative estimate of drug-likeness (QED) is 0.698. The molecule has 2 aromatic carbocycles. The van der Waals surface area contributed by atoms with Crippen LogP contribution in [0, 0.1) is 0 Å². The molecule has 0 saturated carbocycles. The standard InChI is InChI=1S/C19H21Br2NO2/c1-3-22-9-8-14-16(21)6-7-18(23)19(14)17(22)11-12-10-13(24-2)4-5-15(12)20/h4-7,10,17,23H,3,8-9,11H2,1-2H3. The van der Waals surface area contributed by atoms with Crippen molar-refractivity contribution in [3.63, 3.8) is 0 Å². The normalized spacial score (nSPS) is 17.6. The second kappa shape index (κ2) is 7.46. The van der Waals surface area contributed by atoms with Crippen molar-refractivity contribution in [1.82, 2.24) is 4.90 Å². The van der Waals surface area contributed by atoms with Gasteiger partial charge in [-0.25, -0.2) is 0 Å². The molecule has 1 heterocycles. The molecule has 1 N–H and O–H groups in total. The Morgan fingerprint density at radius 3 is 2.67 bits per heavy atom. The molecule has 1 atom stereocenters. The molecule has 0 amide bonds. The molecular weight excluding hydrogens is 434 g/mol. The van der Waals surface area contributed by atoms with Crippen LogP contribution in [0.3, 0.4) is 0 Å². The Morgan fingerprint density at radius 2 is 1.96 bits per heavy atom. The summed E-state index contributed by atoms with van der Waals surface area (Å²) < 4.78 is 7.53. The third-order valence-corrected chi connectivity index (χ3v) is 6.29. The number of methoxy groups -OCH3 is 1. The molecule has 0 spiro atoms. The van der Waals surface area contributed by atoms with Gasteiger partial charge >= 0.3 is 0 Å². The number of rotatable bonds is 4. The van der Waals surface area contributed by atoms with E-state index in [0.29, 0.717) is 5.75 Å². The third-order valence-electron chi connectivity index (χ3n) is 4.77. The van der Waals surface area contributed by atoms with E-state index >= 15 is 0 Å². The van der Waals surface area contributed by atoms with Crippen LogP contribution in [0.1, 0.15) is 29.7 Å². The Hall–Kier alpha value is -1.04. The number of fused-ring (bicyclic) bond motifs is 1. The minimum atomic E-state index is 0.152. The topological polar surface area (TPSA) is 32.7 Å². The minimum absolute atomic E-state index is 0.152. The average Bonchev–Trinajstić information content (AvgIpc) is 2.60. The van der Waals surface area contributed by atoms with Crippen molar-refractivity contribution in [1.29, 1.82) is 0 Å². The Morgan fingerprint density at radius 1 is 1.21 bits per heavy atom. The fourth-order valence-electron chi connectivity index (χ4n) is 3.50. The van der Waals surface area contributed by atoms with Crippen LogP contribution in [0.25, 0.3) is 0 Å². The van der Waals surface area contributed by atoms with Crippen LogP contribution >= 0.6 is 31.9 Å². The lowest BCUT2D eigenvalue weighted by Gasteiger charge is -2.37. The van der Waals surface area contributed by atoms with E-state index in [1.54, 1.807) is 13.2 Å². The van der Waals surface area contributed by atoms with E-state index < -0.39 is 0 Å². The second-order valence-corrected chi connectivity index (χ2v) is 7.72. The molecule has 1 unspecified atom stereocenters. The molecular formula is C19H21Br2NO2. The van der Waals surface area contributed by atoms with Gasteiger partial charge < -0.3 is 9.84 Å². The SMILES string of the molecule is CCN1CCc2c(Br)ccc(O)c2C1Cc1cc(OC)ccc1Br. The molecule has 0 saturated heterocycles. The van der Waals surface area contributed by atoms with E-state index in [0.717, 1.165) is 46.2 Å². The van der Waals surface area contributed by atoms with Gasteiger partial charge in [0.2, 0.25) is 0 Å². The highest BCUT2D eigenvalue weighted by Crippen LogP contribution is 2.42. The van der Waals surface area contributed by atoms with E-state index in [1.165, 1.54) is 11.1 Å². The fraction of sp³-hybridized carbons (Fsp3) is 0.368. The van der Waals surface area contributed by atoms with Crippen LogP contribution in [0.4, 0.5) is 0 Å². The zero-order valence-electron chi connectivity index (χ0n) is 13.9. The van der Waals surface area contributed by atoms with Gasteiger partial charge in [-0.3, -0.25) is 4.90 Å². The number of phenols is 1. The van der Waals surface area contributed by atoms with Crippen LogP contribution in [-0.2, 0) is 12.8 Å². The van der Waals surface area contributed by atoms with Crippen molar-refractivity contribution in [3.8, 4) is 11.5 Å². The van der Waals surface area contributed by atoms with Crippen molar-refractivity contribution in [3.05, 3.63) is 56.0 Å². The number of hydrogen-bond donors (Lipinski definition) is 1. The molecule has 5 heteroatoms. The Bertz CT molecular complexity index is 748. The number of aromatic hydroxyl groups is 1. The maximum atomic E-state index is 10.5. The van der Waals surface area contributed by atoms with Crippen LogP contribution in [0.15, 0.2) is 39.3 Å². The number of hydrogen-bond acceptors (Lipinski definition) is 3. The van der Waals surface area contributed by atoms with E-state index in [9.17, 15) is 5.11 Å². The second-order valence-electron chi connectivity index (χ2n) is 6.01. The molecule has 3 nitrogen and oxygen atoms in total. The summed E-state index contributed by atoms with van der Waals surface area (Å²) in [5.74, 6) is 1.24. The molecule has 3 rings (SSSR count). The van der Waals surface area contributed by atoms with E-state index in [2.05, 4.69) is 49.7 Å². The van der Waals surface area contributed by atoms with Crippen molar-refractivity contribution < 1.29 is 9.84 Å². The summed E-state index contributed by atoms with van der Waals surface area (Å²) in [4.78, 5) is 2.43. The van der Waals surface area contributed by atoms with Crippen molar-refractivity contribution in [2.24, 2.45) is 0 Å². The lowest BCUT2D eigenvalue weighted by Crippen LogP contribution is -2.36. The average molecular weight is 455 g/mol. The first-order valence-corrected chi connectivity index (χ1v) is 9.70. The molecule has 128 valence electrons. The molecule has 24 heavy (non-hydrogen) atoms. The Kier molecular flexibility index (Phi) is 5.52. The van der Waals surface area contributed by atoms with Gasteiger partial charge in [0.25, 0.3) is 0 Å². The summed E-state index contributed by atoms with van der Waals surface area (Å²) >= 11 is 7.30. The lowest BCUT2D eigenvalue weighted by atomic mass is 9.88. The summed E-state index contributed by atoms with van der Waals surface area (Å²) in [5, 5.41) is 10.5. The van der Waals surface area contributed by atoms with Crippen LogP contribution in [0.2, 0.25) is 0 Å². The monoisotopic (exact) mass is 453 g/mol. The van der Waals surface area contributed by atoms with Gasteiger partial charge in [0.1, 0.15) is 11.5 Å². The number of likely N-dealkylation sites (N-methyl/N-ethyl adjacent to an activating group) is 1. The summed E-state index contributed by atoms with van der Waals surface area (Å²) in [6, 6.07) is 9.92. The highest BCUT2D eigenvalue weighted by Gasteiger charge is 2.30. The van der Waals surface area contributed by atoms with Crippen molar-refractivity contribution in [2.45, 2.75) is 25.8 Å². The third kappa shape index (κ3) is 3.35. The number of nitrogens with zero attached hydrogens (tertiary/aromatic N) is 1.